The Morgan fingerprint density at radius 2 is 1.43 bits per heavy atom. The number of hydrogen-bond acceptors (Lipinski definition) is 7. The van der Waals surface area contributed by atoms with Gasteiger partial charge in [0.2, 0.25) is 0 Å². The van der Waals surface area contributed by atoms with Gasteiger partial charge < -0.3 is 15.4 Å². The molecule has 1 rings (SSSR count). The van der Waals surface area contributed by atoms with E-state index in [9.17, 15) is 20.2 Å². The predicted octanol–water partition coefficient (Wildman–Crippen LogP) is -0.739. The fourth-order valence-corrected chi connectivity index (χ4v) is 1.44. The zero-order valence-corrected chi connectivity index (χ0v) is 7.07. The molecule has 9 heteroatoms. The molecule has 0 heterocycles. The van der Waals surface area contributed by atoms with Gasteiger partial charge >= 0.3 is 0 Å². The molecule has 0 spiro atoms. The highest BCUT2D eigenvalue weighted by Gasteiger charge is 2.37. The van der Waals surface area contributed by atoms with Gasteiger partial charge in [0.1, 0.15) is 12.2 Å². The summed E-state index contributed by atoms with van der Waals surface area (Å²) in [6.45, 7) is 0. The molecule has 0 amide bonds. The summed E-state index contributed by atoms with van der Waals surface area (Å²) < 4.78 is 0. The van der Waals surface area contributed by atoms with Crippen LogP contribution in [0.2, 0.25) is 0 Å². The normalized spacial score (nSPS) is 31.1. The third-order valence-corrected chi connectivity index (χ3v) is 1.93. The topological polar surface area (TPSA) is 131 Å². The predicted molar refractivity (Wildman–Crippen MR) is 40.9 cm³/mol. The van der Waals surface area contributed by atoms with Crippen molar-refractivity contribution in [2.75, 3.05) is 0 Å². The van der Waals surface area contributed by atoms with Crippen LogP contribution in [0.1, 0.15) is 12.8 Å². The third-order valence-electron chi connectivity index (χ3n) is 1.93. The van der Waals surface area contributed by atoms with Crippen LogP contribution < -0.4 is 5.73 Å². The van der Waals surface area contributed by atoms with Gasteiger partial charge in [-0.2, -0.15) is 0 Å². The Labute approximate surface area is 78.0 Å². The van der Waals surface area contributed by atoms with Crippen molar-refractivity contribution in [3.63, 3.8) is 0 Å². The first-order chi connectivity index (χ1) is 6.49. The summed E-state index contributed by atoms with van der Waals surface area (Å²) in [6, 6.07) is -0.370. The quantitative estimate of drug-likeness (QED) is 0.474. The average Bonchev–Trinajstić information content (AvgIpc) is 2.28. The van der Waals surface area contributed by atoms with Gasteiger partial charge in [-0.3, -0.25) is 0 Å². The second kappa shape index (κ2) is 4.05. The minimum atomic E-state index is -1.00. The highest BCUT2D eigenvalue weighted by Crippen LogP contribution is 2.24. The molecule has 3 atom stereocenters. The third kappa shape index (κ3) is 2.69. The van der Waals surface area contributed by atoms with Gasteiger partial charge in [0.15, 0.2) is 0 Å². The smallest absolute Gasteiger partial charge is 0.294 e. The van der Waals surface area contributed by atoms with Gasteiger partial charge in [-0.15, -0.1) is 20.2 Å². The molecule has 1 saturated carbocycles. The molecule has 0 radical (unpaired) electrons. The molecule has 1 aliphatic rings. The fourth-order valence-electron chi connectivity index (χ4n) is 1.44. The van der Waals surface area contributed by atoms with Crippen LogP contribution in [0.15, 0.2) is 0 Å². The van der Waals surface area contributed by atoms with Crippen molar-refractivity contribution in [3.8, 4) is 0 Å². The molecule has 1 aliphatic carbocycles. The first-order valence-corrected chi connectivity index (χ1v) is 3.87. The fraction of sp³-hybridized carbons (Fsp3) is 1.00. The van der Waals surface area contributed by atoms with Crippen LogP contribution in [0.4, 0.5) is 0 Å². The molecule has 80 valence electrons. The molecule has 0 aromatic heterocycles. The first-order valence-electron chi connectivity index (χ1n) is 3.87. The van der Waals surface area contributed by atoms with Crippen LogP contribution in [0.3, 0.4) is 0 Å². The minimum absolute atomic E-state index is 0.180. The van der Waals surface area contributed by atoms with E-state index in [1.54, 1.807) is 0 Å². The van der Waals surface area contributed by atoms with E-state index in [1.165, 1.54) is 0 Å². The van der Waals surface area contributed by atoms with E-state index in [-0.39, 0.29) is 18.9 Å². The molecule has 0 aromatic carbocycles. The largest absolute Gasteiger partial charge is 0.328 e. The van der Waals surface area contributed by atoms with Crippen LogP contribution in [0, 0.1) is 20.2 Å². The highest BCUT2D eigenvalue weighted by atomic mass is 17.0. The highest BCUT2D eigenvalue weighted by molar-refractivity contribution is 4.86. The molecule has 14 heavy (non-hydrogen) atoms. The maximum Gasteiger partial charge on any atom is 0.294 e. The maximum atomic E-state index is 10.0. The second-order valence-electron chi connectivity index (χ2n) is 2.97. The van der Waals surface area contributed by atoms with Crippen molar-refractivity contribution in [3.05, 3.63) is 20.2 Å². The van der Waals surface area contributed by atoms with E-state index in [4.69, 9.17) is 5.73 Å². The lowest BCUT2D eigenvalue weighted by Crippen LogP contribution is -2.30. The van der Waals surface area contributed by atoms with Crippen LogP contribution in [0.25, 0.3) is 0 Å². The molecule has 1 fully saturated rings. The van der Waals surface area contributed by atoms with Crippen molar-refractivity contribution in [1.29, 1.82) is 0 Å². The van der Waals surface area contributed by atoms with E-state index in [0.29, 0.717) is 0 Å². The van der Waals surface area contributed by atoms with Gasteiger partial charge in [-0.25, -0.2) is 0 Å². The van der Waals surface area contributed by atoms with Crippen molar-refractivity contribution in [2.24, 2.45) is 5.73 Å². The van der Waals surface area contributed by atoms with E-state index in [1.807, 2.05) is 0 Å². The number of hydrogen-bond donors (Lipinski definition) is 1. The number of rotatable bonds is 4. The summed E-state index contributed by atoms with van der Waals surface area (Å²) in [5, 5.41) is 18.0. The van der Waals surface area contributed by atoms with Crippen molar-refractivity contribution < 1.29 is 19.8 Å². The lowest BCUT2D eigenvalue weighted by atomic mass is 10.3. The van der Waals surface area contributed by atoms with Crippen molar-refractivity contribution >= 4 is 0 Å². The Bertz CT molecular complexity index is 222. The summed E-state index contributed by atoms with van der Waals surface area (Å²) in [4.78, 5) is 28.4. The van der Waals surface area contributed by atoms with E-state index in [0.717, 1.165) is 0 Å². The Balaban J connectivity index is 2.53. The van der Waals surface area contributed by atoms with Crippen molar-refractivity contribution in [2.45, 2.75) is 31.1 Å². The zero-order valence-electron chi connectivity index (χ0n) is 7.07. The second-order valence-corrected chi connectivity index (χ2v) is 2.97. The van der Waals surface area contributed by atoms with Crippen molar-refractivity contribution in [1.82, 2.24) is 0 Å². The van der Waals surface area contributed by atoms with E-state index < -0.39 is 22.4 Å². The van der Waals surface area contributed by atoms with Gasteiger partial charge in [0, 0.05) is 6.04 Å². The van der Waals surface area contributed by atoms with Gasteiger partial charge in [0.25, 0.3) is 10.2 Å². The first kappa shape index (κ1) is 10.4. The monoisotopic (exact) mass is 207 g/mol. The van der Waals surface area contributed by atoms with Crippen LogP contribution in [0.5, 0.6) is 0 Å². The Morgan fingerprint density at radius 3 is 1.71 bits per heavy atom. The molecule has 0 saturated heterocycles. The molecule has 0 aromatic rings. The van der Waals surface area contributed by atoms with Gasteiger partial charge in [-0.1, -0.05) is 0 Å². The van der Waals surface area contributed by atoms with E-state index in [2.05, 4.69) is 9.68 Å². The molecule has 0 aliphatic heterocycles. The summed E-state index contributed by atoms with van der Waals surface area (Å²) >= 11 is 0. The maximum absolute atomic E-state index is 10.0. The number of nitrogens with two attached hydrogens (primary N) is 1. The molecule has 0 bridgehead atoms. The number of nitrogens with zero attached hydrogens (tertiary/aromatic N) is 2. The lowest BCUT2D eigenvalue weighted by molar-refractivity contribution is -0.797. The molecular weight excluding hydrogens is 198 g/mol. The summed E-state index contributed by atoms with van der Waals surface area (Å²) in [7, 11) is 0. The standard InChI is InChI=1S/C5H9N3O6/c6-3-1-4(13-7(9)10)5(2-3)14-8(11)12/h3-5H,1-2,6H2/t3-,4+,5-. The van der Waals surface area contributed by atoms with Gasteiger partial charge in [-0.05, 0) is 12.8 Å². The molecule has 2 N–H and O–H groups in total. The van der Waals surface area contributed by atoms with Gasteiger partial charge in [0.05, 0.1) is 0 Å². The molecular formula is C5H9N3O6. The summed E-state index contributed by atoms with van der Waals surface area (Å²) in [5.41, 5.74) is 5.46. The Kier molecular flexibility index (Phi) is 3.02. The van der Waals surface area contributed by atoms with Crippen LogP contribution >= 0.6 is 0 Å². The lowest BCUT2D eigenvalue weighted by Gasteiger charge is -2.14. The minimum Gasteiger partial charge on any atom is -0.328 e. The summed E-state index contributed by atoms with van der Waals surface area (Å²) in [5.74, 6) is 0. The SMILES string of the molecule is N[C@@H]1C[C@H](O[N+](=O)[O-])[C@H](O[N+](=O)[O-])C1. The van der Waals surface area contributed by atoms with Crippen LogP contribution in [-0.4, -0.2) is 28.4 Å². The van der Waals surface area contributed by atoms with E-state index >= 15 is 0 Å². The Morgan fingerprint density at radius 1 is 1.07 bits per heavy atom. The summed E-state index contributed by atoms with van der Waals surface area (Å²) in [6.07, 6.45) is -1.55. The molecule has 0 unspecified atom stereocenters. The molecule has 9 nitrogen and oxygen atoms in total. The average molecular weight is 207 g/mol. The van der Waals surface area contributed by atoms with Crippen LogP contribution in [-0.2, 0) is 9.68 Å². The Hall–Kier alpha value is -1.64. The zero-order chi connectivity index (χ0) is 10.7.